The fraction of sp³-hybridized carbons (Fsp3) is 0.455. The number of nitrogens with zero attached hydrogens (tertiary/aromatic N) is 1. The summed E-state index contributed by atoms with van der Waals surface area (Å²) in [7, 11) is 0. The molecular weight excluding hydrogens is 301 g/mol. The van der Waals surface area contributed by atoms with Gasteiger partial charge in [-0.3, -0.25) is 4.79 Å². The van der Waals surface area contributed by atoms with Crippen molar-refractivity contribution in [3.8, 4) is 0 Å². The number of aliphatic carboxylic acids is 1. The molecule has 0 amide bonds. The summed E-state index contributed by atoms with van der Waals surface area (Å²) in [6.45, 7) is 0.154. The van der Waals surface area contributed by atoms with Crippen LogP contribution in [0.4, 0.5) is 19.0 Å². The van der Waals surface area contributed by atoms with Crippen molar-refractivity contribution in [3.63, 3.8) is 0 Å². The fourth-order valence-corrected chi connectivity index (χ4v) is 2.04. The first-order valence-electron chi connectivity index (χ1n) is 5.59. The summed E-state index contributed by atoms with van der Waals surface area (Å²) in [5, 5.41) is 11.4. The minimum absolute atomic E-state index is 0.00131. The molecule has 1 fully saturated rings. The summed E-state index contributed by atoms with van der Waals surface area (Å²) in [5.41, 5.74) is -0.967. The fourth-order valence-electron chi connectivity index (χ4n) is 1.81. The lowest BCUT2D eigenvalue weighted by Crippen LogP contribution is -2.33. The average Bonchev–Trinajstić information content (AvgIpc) is 2.78. The average molecular weight is 311 g/mol. The molecule has 1 saturated heterocycles. The Hall–Kier alpha value is -1.54. The van der Waals surface area contributed by atoms with Gasteiger partial charge in [-0.15, -0.1) is 0 Å². The van der Waals surface area contributed by atoms with E-state index >= 15 is 0 Å². The molecule has 20 heavy (non-hydrogen) atoms. The normalized spacial score (nSPS) is 22.8. The van der Waals surface area contributed by atoms with Gasteiger partial charge in [0.05, 0.1) is 29.8 Å². The molecule has 0 saturated carbocycles. The molecule has 1 aromatic heterocycles. The first-order chi connectivity index (χ1) is 9.29. The molecule has 1 aromatic rings. The molecule has 1 aliphatic heterocycles. The molecule has 0 aromatic carbocycles. The van der Waals surface area contributed by atoms with E-state index in [0.29, 0.717) is 6.20 Å². The monoisotopic (exact) mass is 310 g/mol. The highest BCUT2D eigenvalue weighted by Gasteiger charge is 2.35. The van der Waals surface area contributed by atoms with Gasteiger partial charge in [-0.05, 0) is 6.07 Å². The summed E-state index contributed by atoms with van der Waals surface area (Å²) >= 11 is 5.73. The van der Waals surface area contributed by atoms with Crippen molar-refractivity contribution in [2.24, 2.45) is 5.92 Å². The van der Waals surface area contributed by atoms with Crippen LogP contribution in [0.25, 0.3) is 0 Å². The van der Waals surface area contributed by atoms with E-state index in [0.717, 1.165) is 6.07 Å². The van der Waals surface area contributed by atoms with Crippen LogP contribution in [0.15, 0.2) is 12.3 Å². The Labute approximate surface area is 116 Å². The largest absolute Gasteiger partial charge is 0.481 e. The summed E-state index contributed by atoms with van der Waals surface area (Å²) < 4.78 is 42.4. The topological polar surface area (TPSA) is 71.5 Å². The molecule has 0 aliphatic carbocycles. The van der Waals surface area contributed by atoms with E-state index in [-0.39, 0.29) is 24.1 Å². The third kappa shape index (κ3) is 3.13. The van der Waals surface area contributed by atoms with Crippen LogP contribution in [0.2, 0.25) is 5.02 Å². The molecule has 1 aliphatic rings. The number of carbonyl (C=O) groups is 1. The standard InChI is InChI=1S/C11H10ClF3N2O3/c12-7-1-5(11(13,14)15)2-16-9(7)17-8-4-20-3-6(8)10(18)19/h1-2,6,8H,3-4H2,(H,16,17)(H,18,19). The van der Waals surface area contributed by atoms with Crippen molar-refractivity contribution in [2.75, 3.05) is 18.5 Å². The number of rotatable bonds is 3. The Morgan fingerprint density at radius 1 is 1.50 bits per heavy atom. The van der Waals surface area contributed by atoms with Crippen LogP contribution in [0.3, 0.4) is 0 Å². The number of alkyl halides is 3. The number of aromatic nitrogens is 1. The molecule has 2 atom stereocenters. The van der Waals surface area contributed by atoms with Crippen LogP contribution in [-0.4, -0.2) is 35.3 Å². The lowest BCUT2D eigenvalue weighted by atomic mass is 10.0. The summed E-state index contributed by atoms with van der Waals surface area (Å²) in [6, 6.07) is 0.150. The lowest BCUT2D eigenvalue weighted by molar-refractivity contribution is -0.141. The molecule has 110 valence electrons. The summed E-state index contributed by atoms with van der Waals surface area (Å²) in [4.78, 5) is 14.5. The molecule has 0 bridgehead atoms. The highest BCUT2D eigenvalue weighted by Crippen LogP contribution is 2.33. The van der Waals surface area contributed by atoms with Gasteiger partial charge in [0.15, 0.2) is 0 Å². The highest BCUT2D eigenvalue weighted by molar-refractivity contribution is 6.33. The molecule has 2 rings (SSSR count). The second-order valence-corrected chi connectivity index (χ2v) is 4.69. The lowest BCUT2D eigenvalue weighted by Gasteiger charge is -2.17. The predicted octanol–water partition coefficient (Wildman–Crippen LogP) is 2.27. The van der Waals surface area contributed by atoms with Crippen LogP contribution in [0.1, 0.15) is 5.56 Å². The molecule has 9 heteroatoms. The number of ether oxygens (including phenoxy) is 1. The second-order valence-electron chi connectivity index (χ2n) is 4.29. The molecule has 2 N–H and O–H groups in total. The van der Waals surface area contributed by atoms with Gasteiger partial charge in [-0.25, -0.2) is 4.98 Å². The maximum atomic E-state index is 12.5. The number of hydrogen-bond donors (Lipinski definition) is 2. The minimum Gasteiger partial charge on any atom is -0.481 e. The van der Waals surface area contributed by atoms with Gasteiger partial charge in [0, 0.05) is 6.20 Å². The first kappa shape index (κ1) is 14.9. The van der Waals surface area contributed by atoms with Crippen LogP contribution < -0.4 is 5.32 Å². The van der Waals surface area contributed by atoms with Gasteiger partial charge < -0.3 is 15.2 Å². The molecular formula is C11H10ClF3N2O3. The van der Waals surface area contributed by atoms with Crippen molar-refractivity contribution in [1.82, 2.24) is 4.98 Å². The van der Waals surface area contributed by atoms with Crippen molar-refractivity contribution in [1.29, 1.82) is 0 Å². The Morgan fingerprint density at radius 3 is 2.75 bits per heavy atom. The zero-order valence-electron chi connectivity index (χ0n) is 9.95. The quantitative estimate of drug-likeness (QED) is 0.896. The van der Waals surface area contributed by atoms with Crippen molar-refractivity contribution >= 4 is 23.4 Å². The van der Waals surface area contributed by atoms with E-state index < -0.39 is 29.7 Å². The van der Waals surface area contributed by atoms with Crippen LogP contribution >= 0.6 is 11.6 Å². The number of hydrogen-bond acceptors (Lipinski definition) is 4. The van der Waals surface area contributed by atoms with Gasteiger partial charge in [-0.2, -0.15) is 13.2 Å². The Kier molecular flexibility index (Phi) is 4.05. The maximum Gasteiger partial charge on any atom is 0.417 e. The van der Waals surface area contributed by atoms with E-state index in [2.05, 4.69) is 10.3 Å². The van der Waals surface area contributed by atoms with Gasteiger partial charge >= 0.3 is 12.1 Å². The maximum absolute atomic E-state index is 12.5. The molecule has 2 unspecified atom stereocenters. The van der Waals surface area contributed by atoms with E-state index in [9.17, 15) is 18.0 Å². The minimum atomic E-state index is -4.53. The van der Waals surface area contributed by atoms with E-state index in [1.807, 2.05) is 0 Å². The number of anilines is 1. The van der Waals surface area contributed by atoms with Gasteiger partial charge in [-0.1, -0.05) is 11.6 Å². The van der Waals surface area contributed by atoms with E-state index in [4.69, 9.17) is 21.4 Å². The van der Waals surface area contributed by atoms with Gasteiger partial charge in [0.1, 0.15) is 11.7 Å². The Morgan fingerprint density at radius 2 is 2.20 bits per heavy atom. The summed E-state index contributed by atoms with van der Waals surface area (Å²) in [5.74, 6) is -1.85. The number of carboxylic acids is 1. The first-order valence-corrected chi connectivity index (χ1v) is 5.96. The van der Waals surface area contributed by atoms with Crippen LogP contribution in [0, 0.1) is 5.92 Å². The molecule has 5 nitrogen and oxygen atoms in total. The van der Waals surface area contributed by atoms with Gasteiger partial charge in [0.2, 0.25) is 0 Å². The summed E-state index contributed by atoms with van der Waals surface area (Å²) in [6.07, 6.45) is -3.89. The molecule has 0 spiro atoms. The number of carboxylic acid groups (broad SMARTS) is 1. The zero-order valence-corrected chi connectivity index (χ0v) is 10.7. The Bertz CT molecular complexity index is 524. The SMILES string of the molecule is O=C(O)C1COCC1Nc1ncc(C(F)(F)F)cc1Cl. The number of pyridine rings is 1. The smallest absolute Gasteiger partial charge is 0.417 e. The van der Waals surface area contributed by atoms with Crippen molar-refractivity contribution in [2.45, 2.75) is 12.2 Å². The third-order valence-corrected chi connectivity index (χ3v) is 3.18. The van der Waals surface area contributed by atoms with E-state index in [1.54, 1.807) is 0 Å². The van der Waals surface area contributed by atoms with Crippen LogP contribution in [-0.2, 0) is 15.7 Å². The van der Waals surface area contributed by atoms with Crippen molar-refractivity contribution < 1.29 is 27.8 Å². The van der Waals surface area contributed by atoms with Gasteiger partial charge in [0.25, 0.3) is 0 Å². The zero-order chi connectivity index (χ0) is 14.9. The molecule has 0 radical (unpaired) electrons. The predicted molar refractivity (Wildman–Crippen MR) is 63.6 cm³/mol. The molecule has 2 heterocycles. The van der Waals surface area contributed by atoms with Crippen molar-refractivity contribution in [3.05, 3.63) is 22.8 Å². The van der Waals surface area contributed by atoms with E-state index in [1.165, 1.54) is 0 Å². The Balaban J connectivity index is 2.16. The second kappa shape index (κ2) is 5.45. The number of nitrogens with one attached hydrogen (secondary N) is 1. The van der Waals surface area contributed by atoms with Crippen LogP contribution in [0.5, 0.6) is 0 Å². The number of halogens is 4. The third-order valence-electron chi connectivity index (χ3n) is 2.89. The highest BCUT2D eigenvalue weighted by atomic mass is 35.5.